The fourth-order valence-electron chi connectivity index (χ4n) is 1.61. The largest absolute Gasteiger partial charge is 0.390 e. The topological polar surface area (TPSA) is 45.1 Å². The molecule has 18 heavy (non-hydrogen) atoms. The van der Waals surface area contributed by atoms with E-state index in [1.165, 1.54) is 0 Å². The van der Waals surface area contributed by atoms with Crippen LogP contribution >= 0.6 is 11.6 Å². The lowest BCUT2D eigenvalue weighted by atomic mass is 10.2. The molecule has 0 aromatic heterocycles. The molecule has 1 N–H and O–H groups in total. The molecule has 0 spiro atoms. The maximum absolute atomic E-state index is 9.51. The van der Waals surface area contributed by atoms with Crippen LogP contribution in [0.4, 0.5) is 0 Å². The zero-order valence-corrected chi connectivity index (χ0v) is 10.6. The molecule has 0 bridgehead atoms. The highest BCUT2D eigenvalue weighted by Gasteiger charge is 2.19. The Hall–Kier alpha value is -1.52. The molecule has 96 valence electrons. The fourth-order valence-corrected chi connectivity index (χ4v) is 1.71. The third-order valence-corrected chi connectivity index (χ3v) is 2.89. The Kier molecular flexibility index (Phi) is 4.61. The lowest BCUT2D eigenvalue weighted by Crippen LogP contribution is -2.35. The summed E-state index contributed by atoms with van der Waals surface area (Å²) in [7, 11) is 0. The smallest absolute Gasteiger partial charge is 0.191 e. The zero-order valence-electron chi connectivity index (χ0n) is 9.87. The van der Waals surface area contributed by atoms with Gasteiger partial charge in [-0.15, -0.1) is 11.6 Å². The molecule has 0 saturated carbocycles. The van der Waals surface area contributed by atoms with E-state index in [-0.39, 0.29) is 5.88 Å². The van der Waals surface area contributed by atoms with Crippen molar-refractivity contribution in [3.63, 3.8) is 0 Å². The molecule has 5 heteroatoms. The Morgan fingerprint density at radius 1 is 1.39 bits per heavy atom. The third-order valence-electron chi connectivity index (χ3n) is 2.53. The van der Waals surface area contributed by atoms with Gasteiger partial charge in [-0.1, -0.05) is 41.6 Å². The molecule has 4 nitrogen and oxygen atoms in total. The van der Waals surface area contributed by atoms with Crippen LogP contribution in [0.2, 0.25) is 0 Å². The standard InChI is InChI=1S/C13H15ClN2O2/c14-8-12(17)9-16-10-18-15-13(16)7-6-11-4-2-1-3-5-11/h1-7,12,17H,8-10H2. The van der Waals surface area contributed by atoms with Gasteiger partial charge in [0, 0.05) is 6.54 Å². The second-order valence-corrected chi connectivity index (χ2v) is 4.29. The molecule has 0 fully saturated rings. The van der Waals surface area contributed by atoms with Gasteiger partial charge in [0.25, 0.3) is 0 Å². The molecule has 0 radical (unpaired) electrons. The molecule has 1 aliphatic rings. The van der Waals surface area contributed by atoms with E-state index in [0.717, 1.165) is 5.56 Å². The minimum atomic E-state index is -0.580. The molecular formula is C13H15ClN2O2. The first-order valence-electron chi connectivity index (χ1n) is 5.71. The summed E-state index contributed by atoms with van der Waals surface area (Å²) >= 11 is 5.58. The molecule has 1 heterocycles. The van der Waals surface area contributed by atoms with Gasteiger partial charge in [-0.3, -0.25) is 0 Å². The normalized spacial score (nSPS) is 16.8. The minimum Gasteiger partial charge on any atom is -0.390 e. The predicted molar refractivity (Wildman–Crippen MR) is 72.3 cm³/mol. The van der Waals surface area contributed by atoms with Crippen molar-refractivity contribution in [1.29, 1.82) is 0 Å². The number of hydrogen-bond acceptors (Lipinski definition) is 4. The fraction of sp³-hybridized carbons (Fsp3) is 0.308. The minimum absolute atomic E-state index is 0.201. The van der Waals surface area contributed by atoms with Gasteiger partial charge in [0.2, 0.25) is 0 Å². The maximum atomic E-state index is 9.51. The Morgan fingerprint density at radius 3 is 2.89 bits per heavy atom. The summed E-state index contributed by atoms with van der Waals surface area (Å²) < 4.78 is 0. The van der Waals surface area contributed by atoms with Crippen LogP contribution in [0.5, 0.6) is 0 Å². The van der Waals surface area contributed by atoms with Crippen molar-refractivity contribution in [2.24, 2.45) is 5.16 Å². The number of β-amino-alcohol motifs (C(OH)–C–C–N with tert-alkyl or cyclic N) is 1. The van der Waals surface area contributed by atoms with Crippen LogP contribution in [0.1, 0.15) is 5.56 Å². The molecule has 1 aromatic carbocycles. The number of nitrogens with zero attached hydrogens (tertiary/aromatic N) is 2. The van der Waals surface area contributed by atoms with Crippen LogP contribution < -0.4 is 0 Å². The summed E-state index contributed by atoms with van der Waals surface area (Å²) in [6.07, 6.45) is 3.24. The Morgan fingerprint density at radius 2 is 2.17 bits per heavy atom. The van der Waals surface area contributed by atoms with E-state index < -0.39 is 6.10 Å². The average Bonchev–Trinajstić information content (AvgIpc) is 2.84. The van der Waals surface area contributed by atoms with Crippen LogP contribution in [-0.2, 0) is 4.84 Å². The number of oxime groups is 1. The van der Waals surface area contributed by atoms with E-state index >= 15 is 0 Å². The van der Waals surface area contributed by atoms with Crippen molar-refractivity contribution in [3.05, 3.63) is 42.0 Å². The van der Waals surface area contributed by atoms with Crippen molar-refractivity contribution in [3.8, 4) is 0 Å². The zero-order chi connectivity index (χ0) is 12.8. The first-order chi connectivity index (χ1) is 8.79. The van der Waals surface area contributed by atoms with Crippen LogP contribution in [0.3, 0.4) is 0 Å². The maximum Gasteiger partial charge on any atom is 0.191 e. The van der Waals surface area contributed by atoms with E-state index in [1.807, 2.05) is 47.4 Å². The van der Waals surface area contributed by atoms with E-state index in [1.54, 1.807) is 0 Å². The molecule has 1 unspecified atom stereocenters. The summed E-state index contributed by atoms with van der Waals surface area (Å²) in [6, 6.07) is 9.93. The molecule has 1 aromatic rings. The van der Waals surface area contributed by atoms with Gasteiger partial charge >= 0.3 is 0 Å². The van der Waals surface area contributed by atoms with Crippen molar-refractivity contribution < 1.29 is 9.94 Å². The van der Waals surface area contributed by atoms with E-state index in [4.69, 9.17) is 16.4 Å². The van der Waals surface area contributed by atoms with Gasteiger partial charge in [0.1, 0.15) is 0 Å². The lowest BCUT2D eigenvalue weighted by Gasteiger charge is -2.18. The van der Waals surface area contributed by atoms with Gasteiger partial charge in [-0.2, -0.15) is 0 Å². The summed E-state index contributed by atoms with van der Waals surface area (Å²) in [5, 5.41) is 13.4. The number of aliphatic hydroxyl groups excluding tert-OH is 1. The first-order valence-corrected chi connectivity index (χ1v) is 6.25. The SMILES string of the molecule is OC(CCl)CN1CON=C1C=Cc1ccccc1. The van der Waals surface area contributed by atoms with Crippen molar-refractivity contribution in [2.45, 2.75) is 6.10 Å². The highest BCUT2D eigenvalue weighted by Crippen LogP contribution is 2.09. The molecule has 0 amide bonds. The van der Waals surface area contributed by atoms with E-state index in [0.29, 0.717) is 19.1 Å². The van der Waals surface area contributed by atoms with Crippen molar-refractivity contribution in [1.82, 2.24) is 4.90 Å². The molecule has 1 aliphatic heterocycles. The van der Waals surface area contributed by atoms with E-state index in [9.17, 15) is 5.11 Å². The number of alkyl halides is 1. The summed E-state index contributed by atoms with van der Waals surface area (Å²) in [4.78, 5) is 6.85. The van der Waals surface area contributed by atoms with Crippen LogP contribution in [0, 0.1) is 0 Å². The van der Waals surface area contributed by atoms with Gasteiger partial charge in [0.05, 0.1) is 12.0 Å². The van der Waals surface area contributed by atoms with Crippen molar-refractivity contribution in [2.75, 3.05) is 19.2 Å². The lowest BCUT2D eigenvalue weighted by molar-refractivity contribution is 0.0826. The molecule has 1 atom stereocenters. The van der Waals surface area contributed by atoms with Crippen LogP contribution in [0.15, 0.2) is 41.6 Å². The Balaban J connectivity index is 1.98. The number of aliphatic hydroxyl groups is 1. The van der Waals surface area contributed by atoms with Gasteiger partial charge in [0.15, 0.2) is 12.6 Å². The molecule has 0 aliphatic carbocycles. The van der Waals surface area contributed by atoms with Gasteiger partial charge in [-0.25, -0.2) is 0 Å². The Labute approximate surface area is 111 Å². The van der Waals surface area contributed by atoms with Crippen LogP contribution in [0.25, 0.3) is 6.08 Å². The molecular weight excluding hydrogens is 252 g/mol. The predicted octanol–water partition coefficient (Wildman–Crippen LogP) is 1.90. The van der Waals surface area contributed by atoms with Gasteiger partial charge in [-0.05, 0) is 11.6 Å². The van der Waals surface area contributed by atoms with Gasteiger partial charge < -0.3 is 14.8 Å². The number of rotatable bonds is 5. The number of benzene rings is 1. The average molecular weight is 267 g/mol. The summed E-state index contributed by atoms with van der Waals surface area (Å²) in [6.45, 7) is 0.768. The van der Waals surface area contributed by atoms with Crippen molar-refractivity contribution >= 4 is 23.5 Å². The second-order valence-electron chi connectivity index (χ2n) is 3.98. The number of halogens is 1. The quantitative estimate of drug-likeness (QED) is 0.828. The molecule has 0 saturated heterocycles. The highest BCUT2D eigenvalue weighted by molar-refractivity contribution is 6.18. The van der Waals surface area contributed by atoms with Crippen LogP contribution in [-0.4, -0.2) is 41.1 Å². The summed E-state index contributed by atoms with van der Waals surface area (Å²) in [5.41, 5.74) is 1.09. The second kappa shape index (κ2) is 6.42. The van der Waals surface area contributed by atoms with E-state index in [2.05, 4.69) is 5.16 Å². The monoisotopic (exact) mass is 266 g/mol. The highest BCUT2D eigenvalue weighted by atomic mass is 35.5. The summed E-state index contributed by atoms with van der Waals surface area (Å²) in [5.74, 6) is 0.898. The molecule has 2 rings (SSSR count). The Bertz CT molecular complexity index is 434. The third kappa shape index (κ3) is 3.48. The number of hydrogen-bond donors (Lipinski definition) is 1. The first kappa shape index (κ1) is 12.9. The number of amidine groups is 1.